The number of nitrogens with zero attached hydrogens (tertiary/aromatic N) is 4. The Hall–Kier alpha value is -2.83. The molecule has 138 valence electrons. The van der Waals surface area contributed by atoms with Crippen LogP contribution in [0.1, 0.15) is 11.3 Å². The molecule has 0 amide bonds. The molecule has 2 aromatic heterocycles. The van der Waals surface area contributed by atoms with Gasteiger partial charge in [0.15, 0.2) is 5.82 Å². The Kier molecular flexibility index (Phi) is 5.67. The van der Waals surface area contributed by atoms with Gasteiger partial charge in [0.25, 0.3) is 0 Å². The highest BCUT2D eigenvalue weighted by atomic mass is 16.5. The van der Waals surface area contributed by atoms with Gasteiger partial charge in [-0.3, -0.25) is 4.98 Å². The number of pyridine rings is 1. The molecule has 0 spiro atoms. The van der Waals surface area contributed by atoms with Crippen molar-refractivity contribution >= 4 is 5.82 Å². The van der Waals surface area contributed by atoms with Crippen molar-refractivity contribution in [3.8, 4) is 11.5 Å². The second-order valence-corrected chi connectivity index (χ2v) is 6.33. The van der Waals surface area contributed by atoms with E-state index in [-0.39, 0.29) is 0 Å². The highest BCUT2D eigenvalue weighted by molar-refractivity contribution is 5.53. The first-order chi connectivity index (χ1) is 13.4. The quantitative estimate of drug-likeness (QED) is 0.672. The molecule has 1 saturated heterocycles. The van der Waals surface area contributed by atoms with Gasteiger partial charge in [-0.25, -0.2) is 9.97 Å². The number of hydrogen-bond acceptors (Lipinski definition) is 6. The van der Waals surface area contributed by atoms with Crippen molar-refractivity contribution in [2.24, 2.45) is 0 Å². The second-order valence-electron chi connectivity index (χ2n) is 6.33. The molecule has 3 heterocycles. The fourth-order valence-electron chi connectivity index (χ4n) is 2.97. The van der Waals surface area contributed by atoms with E-state index >= 15 is 0 Å². The second kappa shape index (κ2) is 8.70. The average molecular weight is 362 g/mol. The number of ether oxygens (including phenoxy) is 2. The zero-order chi connectivity index (χ0) is 18.3. The molecule has 0 N–H and O–H groups in total. The van der Waals surface area contributed by atoms with E-state index < -0.39 is 0 Å². The molecule has 0 radical (unpaired) electrons. The maximum absolute atomic E-state index is 5.89. The largest absolute Gasteiger partial charge is 0.378 e. The van der Waals surface area contributed by atoms with Gasteiger partial charge in [0.05, 0.1) is 32.1 Å². The van der Waals surface area contributed by atoms with E-state index in [2.05, 4.69) is 27.0 Å². The van der Waals surface area contributed by atoms with E-state index in [0.717, 1.165) is 35.9 Å². The number of morpholine rings is 1. The molecule has 1 aliphatic rings. The molecular formula is C21H22N4O2. The monoisotopic (exact) mass is 362 g/mol. The highest BCUT2D eigenvalue weighted by Crippen LogP contribution is 2.20. The fourth-order valence-corrected chi connectivity index (χ4v) is 2.97. The van der Waals surface area contributed by atoms with Gasteiger partial charge in [0.2, 0.25) is 0 Å². The van der Waals surface area contributed by atoms with Crippen molar-refractivity contribution in [2.75, 3.05) is 31.2 Å². The zero-order valence-corrected chi connectivity index (χ0v) is 15.1. The summed E-state index contributed by atoms with van der Waals surface area (Å²) in [5, 5.41) is 0. The molecule has 0 aliphatic carbocycles. The first kappa shape index (κ1) is 17.6. The molecule has 1 fully saturated rings. The van der Waals surface area contributed by atoms with Crippen LogP contribution in [-0.4, -0.2) is 41.3 Å². The van der Waals surface area contributed by atoms with E-state index in [9.17, 15) is 0 Å². The van der Waals surface area contributed by atoms with Crippen LogP contribution in [0.5, 0.6) is 0 Å². The van der Waals surface area contributed by atoms with Gasteiger partial charge in [-0.05, 0) is 17.7 Å². The Morgan fingerprint density at radius 3 is 2.52 bits per heavy atom. The Balaban J connectivity index is 1.55. The number of benzene rings is 1. The molecule has 3 aromatic rings. The molecular weight excluding hydrogens is 340 g/mol. The summed E-state index contributed by atoms with van der Waals surface area (Å²) < 4.78 is 11.3. The Morgan fingerprint density at radius 2 is 1.74 bits per heavy atom. The van der Waals surface area contributed by atoms with E-state index in [1.54, 1.807) is 6.20 Å². The lowest BCUT2D eigenvalue weighted by Crippen LogP contribution is -2.37. The minimum absolute atomic E-state index is 0.425. The maximum Gasteiger partial charge on any atom is 0.180 e. The van der Waals surface area contributed by atoms with Crippen LogP contribution in [0.15, 0.2) is 60.8 Å². The maximum atomic E-state index is 5.89. The van der Waals surface area contributed by atoms with E-state index in [1.165, 1.54) is 0 Å². The Morgan fingerprint density at radius 1 is 0.926 bits per heavy atom. The summed E-state index contributed by atoms with van der Waals surface area (Å²) >= 11 is 0. The van der Waals surface area contributed by atoms with Crippen LogP contribution >= 0.6 is 0 Å². The van der Waals surface area contributed by atoms with Crippen molar-refractivity contribution in [1.82, 2.24) is 15.0 Å². The highest BCUT2D eigenvalue weighted by Gasteiger charge is 2.16. The van der Waals surface area contributed by atoms with E-state index in [4.69, 9.17) is 14.5 Å². The van der Waals surface area contributed by atoms with Gasteiger partial charge in [-0.15, -0.1) is 0 Å². The van der Waals surface area contributed by atoms with Gasteiger partial charge in [-0.2, -0.15) is 0 Å². The van der Waals surface area contributed by atoms with Crippen LogP contribution in [-0.2, 0) is 22.7 Å². The lowest BCUT2D eigenvalue weighted by atomic mass is 10.2. The van der Waals surface area contributed by atoms with E-state index in [1.807, 2.05) is 42.5 Å². The van der Waals surface area contributed by atoms with Crippen LogP contribution in [0.2, 0.25) is 0 Å². The standard InChI is InChI=1S/C21H22N4O2/c1-2-6-17(7-3-1)15-27-16-18-14-20(25-10-12-26-13-11-25)24-21(23-18)19-8-4-5-9-22-19/h1-9,14H,10-13,15-16H2. The fraction of sp³-hybridized carbons (Fsp3) is 0.286. The minimum atomic E-state index is 0.425. The van der Waals surface area contributed by atoms with Gasteiger partial charge in [0, 0.05) is 25.4 Å². The summed E-state index contributed by atoms with van der Waals surface area (Å²) in [6, 6.07) is 17.9. The lowest BCUT2D eigenvalue weighted by molar-refractivity contribution is 0.104. The smallest absolute Gasteiger partial charge is 0.180 e. The van der Waals surface area contributed by atoms with Crippen LogP contribution < -0.4 is 4.90 Å². The predicted molar refractivity (Wildman–Crippen MR) is 103 cm³/mol. The van der Waals surface area contributed by atoms with Gasteiger partial charge in [0.1, 0.15) is 11.5 Å². The summed E-state index contributed by atoms with van der Waals surface area (Å²) in [6.45, 7) is 4.04. The third kappa shape index (κ3) is 4.67. The average Bonchev–Trinajstić information content (AvgIpc) is 2.76. The lowest BCUT2D eigenvalue weighted by Gasteiger charge is -2.28. The summed E-state index contributed by atoms with van der Waals surface area (Å²) in [5.74, 6) is 1.52. The molecule has 0 atom stereocenters. The van der Waals surface area contributed by atoms with Crippen LogP contribution in [0, 0.1) is 0 Å². The number of hydrogen-bond donors (Lipinski definition) is 0. The summed E-state index contributed by atoms with van der Waals surface area (Å²) in [5.41, 5.74) is 2.75. The molecule has 1 aliphatic heterocycles. The molecule has 0 unspecified atom stereocenters. The van der Waals surface area contributed by atoms with Crippen molar-refractivity contribution in [3.05, 3.63) is 72.1 Å². The van der Waals surface area contributed by atoms with Crippen LogP contribution in [0.4, 0.5) is 5.82 Å². The van der Waals surface area contributed by atoms with Gasteiger partial charge < -0.3 is 14.4 Å². The minimum Gasteiger partial charge on any atom is -0.378 e. The molecule has 0 saturated carbocycles. The van der Waals surface area contributed by atoms with Crippen molar-refractivity contribution < 1.29 is 9.47 Å². The SMILES string of the molecule is c1ccc(COCc2cc(N3CCOCC3)nc(-c3ccccn3)n2)cc1. The van der Waals surface area contributed by atoms with Gasteiger partial charge >= 0.3 is 0 Å². The normalized spacial score (nSPS) is 14.3. The van der Waals surface area contributed by atoms with Crippen molar-refractivity contribution in [3.63, 3.8) is 0 Å². The molecule has 0 bridgehead atoms. The predicted octanol–water partition coefficient (Wildman–Crippen LogP) is 3.09. The molecule has 1 aromatic carbocycles. The molecule has 27 heavy (non-hydrogen) atoms. The van der Waals surface area contributed by atoms with E-state index in [0.29, 0.717) is 32.3 Å². The van der Waals surface area contributed by atoms with Crippen LogP contribution in [0.25, 0.3) is 11.5 Å². The third-order valence-electron chi connectivity index (χ3n) is 4.36. The Bertz CT molecular complexity index is 853. The van der Waals surface area contributed by atoms with Crippen molar-refractivity contribution in [1.29, 1.82) is 0 Å². The first-order valence-electron chi connectivity index (χ1n) is 9.12. The van der Waals surface area contributed by atoms with Crippen LogP contribution in [0.3, 0.4) is 0 Å². The molecule has 6 nitrogen and oxygen atoms in total. The van der Waals surface area contributed by atoms with Crippen molar-refractivity contribution in [2.45, 2.75) is 13.2 Å². The number of aromatic nitrogens is 3. The number of rotatable bonds is 6. The summed E-state index contributed by atoms with van der Waals surface area (Å²) in [4.78, 5) is 16.0. The molecule has 6 heteroatoms. The summed E-state index contributed by atoms with van der Waals surface area (Å²) in [7, 11) is 0. The number of anilines is 1. The van der Waals surface area contributed by atoms with Gasteiger partial charge in [-0.1, -0.05) is 36.4 Å². The topological polar surface area (TPSA) is 60.4 Å². The Labute approximate surface area is 158 Å². The molecule has 4 rings (SSSR count). The third-order valence-corrected chi connectivity index (χ3v) is 4.36. The summed E-state index contributed by atoms with van der Waals surface area (Å²) in [6.07, 6.45) is 1.76. The first-order valence-corrected chi connectivity index (χ1v) is 9.12. The zero-order valence-electron chi connectivity index (χ0n) is 15.1.